The Kier molecular flexibility index (Phi) is 13.7. The van der Waals surface area contributed by atoms with Gasteiger partial charge in [0.1, 0.15) is 6.61 Å². The number of nitrogens with one attached hydrogen (secondary N) is 4. The monoisotopic (exact) mass is 542 g/mol. The Morgan fingerprint density at radius 3 is 2.23 bits per heavy atom. The molecule has 3 rings (SSSR count). The van der Waals surface area contributed by atoms with Crippen LogP contribution >= 0.6 is 0 Å². The lowest BCUT2D eigenvalue weighted by Gasteiger charge is -2.26. The molecule has 5 heteroatoms. The summed E-state index contributed by atoms with van der Waals surface area (Å²) < 4.78 is 5.85. The molecule has 0 fully saturated rings. The van der Waals surface area contributed by atoms with Gasteiger partial charge in [-0.25, -0.2) is 0 Å². The normalized spacial score (nSPS) is 12.2. The molecule has 0 saturated heterocycles. The van der Waals surface area contributed by atoms with Gasteiger partial charge >= 0.3 is 0 Å². The Morgan fingerprint density at radius 2 is 1.57 bits per heavy atom. The number of para-hydroxylation sites is 1. The summed E-state index contributed by atoms with van der Waals surface area (Å²) >= 11 is 0. The van der Waals surface area contributed by atoms with Gasteiger partial charge in [-0.05, 0) is 48.4 Å². The molecule has 1 aromatic heterocycles. The van der Waals surface area contributed by atoms with E-state index in [9.17, 15) is 0 Å². The van der Waals surface area contributed by atoms with Crippen LogP contribution in [0, 0.1) is 11.8 Å². The molecule has 5 nitrogen and oxygen atoms in total. The molecule has 0 amide bonds. The lowest BCUT2D eigenvalue weighted by Crippen LogP contribution is -2.39. The van der Waals surface area contributed by atoms with Crippen LogP contribution in [0.3, 0.4) is 0 Å². The average molecular weight is 543 g/mol. The maximum atomic E-state index is 5.85. The van der Waals surface area contributed by atoms with E-state index in [0.717, 1.165) is 41.2 Å². The van der Waals surface area contributed by atoms with Crippen LogP contribution in [0.25, 0.3) is 10.9 Å². The third-order valence-electron chi connectivity index (χ3n) is 6.04. The molecular formula is C35H50N4O. The second-order valence-electron chi connectivity index (χ2n) is 11.3. The summed E-state index contributed by atoms with van der Waals surface area (Å²) in [7, 11) is 0. The van der Waals surface area contributed by atoms with Crippen LogP contribution in [0.2, 0.25) is 0 Å². The van der Waals surface area contributed by atoms with Crippen molar-refractivity contribution < 1.29 is 4.74 Å². The number of aromatic nitrogens is 1. The molecule has 1 heterocycles. The fourth-order valence-corrected chi connectivity index (χ4v) is 4.13. The van der Waals surface area contributed by atoms with Gasteiger partial charge in [-0.2, -0.15) is 0 Å². The first-order valence-electron chi connectivity index (χ1n) is 14.3. The van der Waals surface area contributed by atoms with E-state index in [1.165, 1.54) is 10.9 Å². The minimum Gasteiger partial charge on any atom is -0.475 e. The molecule has 40 heavy (non-hydrogen) atoms. The van der Waals surface area contributed by atoms with E-state index in [1.54, 1.807) is 0 Å². The predicted octanol–water partition coefficient (Wildman–Crippen LogP) is 7.83. The first kappa shape index (κ1) is 32.4. The highest BCUT2D eigenvalue weighted by Crippen LogP contribution is 2.19. The van der Waals surface area contributed by atoms with Gasteiger partial charge in [0.15, 0.2) is 5.88 Å². The first-order chi connectivity index (χ1) is 19.1. The molecule has 0 aliphatic heterocycles. The van der Waals surface area contributed by atoms with E-state index in [0.29, 0.717) is 25.0 Å². The third kappa shape index (κ3) is 11.9. The molecule has 0 saturated carbocycles. The minimum atomic E-state index is -0.0116. The molecule has 0 bridgehead atoms. The van der Waals surface area contributed by atoms with Gasteiger partial charge in [-0.1, -0.05) is 102 Å². The van der Waals surface area contributed by atoms with E-state index >= 15 is 0 Å². The summed E-state index contributed by atoms with van der Waals surface area (Å²) in [6.45, 7) is 28.5. The second-order valence-corrected chi connectivity index (χ2v) is 11.3. The zero-order chi connectivity index (χ0) is 29.5. The van der Waals surface area contributed by atoms with Gasteiger partial charge in [0.25, 0.3) is 0 Å². The van der Waals surface area contributed by atoms with Crippen LogP contribution in [0.15, 0.2) is 110 Å². The van der Waals surface area contributed by atoms with E-state index in [4.69, 9.17) is 4.74 Å². The van der Waals surface area contributed by atoms with Crippen molar-refractivity contribution in [1.29, 1.82) is 0 Å². The summed E-state index contributed by atoms with van der Waals surface area (Å²) in [6, 6.07) is 18.5. The number of ether oxygens (including phenoxy) is 1. The van der Waals surface area contributed by atoms with E-state index in [-0.39, 0.29) is 12.1 Å². The van der Waals surface area contributed by atoms with Gasteiger partial charge in [0.05, 0.1) is 12.6 Å². The Bertz CT molecular complexity index is 1210. The number of hydrogen-bond donors (Lipinski definition) is 4. The molecule has 0 radical (unpaired) electrons. The Morgan fingerprint density at radius 1 is 0.925 bits per heavy atom. The Labute approximate surface area is 242 Å². The third-order valence-corrected chi connectivity index (χ3v) is 6.04. The largest absolute Gasteiger partial charge is 0.475 e. The molecular weight excluding hydrogens is 492 g/mol. The maximum absolute atomic E-state index is 5.85. The number of aromatic amines is 1. The van der Waals surface area contributed by atoms with Crippen molar-refractivity contribution in [2.45, 2.75) is 66.2 Å². The molecule has 216 valence electrons. The fourth-order valence-electron chi connectivity index (χ4n) is 4.13. The number of rotatable bonds is 16. The van der Waals surface area contributed by atoms with Gasteiger partial charge in [0.2, 0.25) is 0 Å². The number of H-pyrrole nitrogens is 1. The topological polar surface area (TPSA) is 61.1 Å². The predicted molar refractivity (Wildman–Crippen MR) is 173 cm³/mol. The van der Waals surface area contributed by atoms with Crippen molar-refractivity contribution in [1.82, 2.24) is 20.9 Å². The smallest absolute Gasteiger partial charge is 0.180 e. The number of benzene rings is 2. The van der Waals surface area contributed by atoms with Gasteiger partial charge < -0.3 is 25.7 Å². The van der Waals surface area contributed by atoms with Crippen LogP contribution in [-0.4, -0.2) is 23.6 Å². The van der Waals surface area contributed by atoms with Crippen LogP contribution < -0.4 is 16.0 Å². The van der Waals surface area contributed by atoms with E-state index < -0.39 is 0 Å². The molecule has 2 unspecified atom stereocenters. The highest BCUT2D eigenvalue weighted by molar-refractivity contribution is 5.83. The van der Waals surface area contributed by atoms with Gasteiger partial charge in [-0.15, -0.1) is 6.58 Å². The van der Waals surface area contributed by atoms with Crippen molar-refractivity contribution in [2.24, 2.45) is 11.8 Å². The molecule has 0 aliphatic rings. The molecule has 2 aromatic carbocycles. The number of hydrogen-bond acceptors (Lipinski definition) is 4. The zero-order valence-electron chi connectivity index (χ0n) is 25.2. The molecule has 0 spiro atoms. The highest BCUT2D eigenvalue weighted by Gasteiger charge is 2.16. The average Bonchev–Trinajstić information content (AvgIpc) is 3.32. The quantitative estimate of drug-likeness (QED) is 0.110. The molecule has 4 N–H and O–H groups in total. The van der Waals surface area contributed by atoms with Crippen molar-refractivity contribution in [3.8, 4) is 0 Å². The van der Waals surface area contributed by atoms with Crippen LogP contribution in [0.1, 0.15) is 52.2 Å². The van der Waals surface area contributed by atoms with Gasteiger partial charge in [0, 0.05) is 34.5 Å². The second kappa shape index (κ2) is 17.0. The summed E-state index contributed by atoms with van der Waals surface area (Å²) in [6.07, 6.45) is 5.72. The molecule has 0 aliphatic carbocycles. The van der Waals surface area contributed by atoms with Crippen LogP contribution in [-0.2, 0) is 17.8 Å². The van der Waals surface area contributed by atoms with E-state index in [1.807, 2.05) is 42.5 Å². The minimum absolute atomic E-state index is 0.0116. The summed E-state index contributed by atoms with van der Waals surface area (Å²) in [5, 5.41) is 11.5. The zero-order valence-corrected chi connectivity index (χ0v) is 25.2. The molecule has 3 aromatic rings. The van der Waals surface area contributed by atoms with Crippen molar-refractivity contribution in [3.05, 3.63) is 122 Å². The highest BCUT2D eigenvalue weighted by atomic mass is 16.5. The van der Waals surface area contributed by atoms with E-state index in [2.05, 4.69) is 106 Å². The lowest BCUT2D eigenvalue weighted by atomic mass is 10.0. The lowest BCUT2D eigenvalue weighted by molar-refractivity contribution is 0.171. The summed E-state index contributed by atoms with van der Waals surface area (Å²) in [4.78, 5) is 3.34. The van der Waals surface area contributed by atoms with Gasteiger partial charge in [-0.3, -0.25) is 0 Å². The number of fused-ring (bicyclic) bond motifs is 1. The molecule has 2 atom stereocenters. The van der Waals surface area contributed by atoms with Crippen LogP contribution in [0.5, 0.6) is 0 Å². The van der Waals surface area contributed by atoms with Crippen molar-refractivity contribution in [2.75, 3.05) is 6.54 Å². The van der Waals surface area contributed by atoms with Crippen molar-refractivity contribution >= 4 is 10.9 Å². The fraction of sp³-hybridized carbons (Fsp3) is 0.371. The Hall–Kier alpha value is -3.86. The van der Waals surface area contributed by atoms with Crippen LogP contribution in [0.4, 0.5) is 0 Å². The SMILES string of the molecule is C=CC(Cc1c[nH]c2ccccc12)NC(=C)CNC(=C)C(CC(C)C)NC(=C)OCc1ccccc1.CC(C)C. The van der Waals surface area contributed by atoms with Crippen molar-refractivity contribution in [3.63, 3.8) is 0 Å². The standard InChI is InChI=1S/C31H40N4O.C4H10/c1-7-28(18-27-20-33-30-16-12-11-15-29(27)30)34-23(4)19-32-24(5)31(17-22(2)3)35-25(6)36-21-26-13-9-8-10-14-26;1-4(2)3/h7-16,20,22,28,31-35H,1,4-6,17-19,21H2,2-3H3;4H,1-3H3. The first-order valence-corrected chi connectivity index (χ1v) is 14.3. The maximum Gasteiger partial charge on any atom is 0.180 e. The summed E-state index contributed by atoms with van der Waals surface area (Å²) in [5.41, 5.74) is 5.25. The Balaban J connectivity index is 0.00000131. The summed E-state index contributed by atoms with van der Waals surface area (Å²) in [5.74, 6) is 1.85.